The standard InChI is InChI=1S/C13H18O3S/c1-3-4-5-12(13(14)15)17-11-8-6-10(16-2)7-9-11/h6-9,12H,3-5H2,1-2H3,(H,14,15). The summed E-state index contributed by atoms with van der Waals surface area (Å²) in [6.07, 6.45) is 2.68. The first-order valence-electron chi connectivity index (χ1n) is 5.71. The highest BCUT2D eigenvalue weighted by molar-refractivity contribution is 8.00. The Morgan fingerprint density at radius 2 is 2.06 bits per heavy atom. The zero-order valence-electron chi connectivity index (χ0n) is 10.2. The minimum atomic E-state index is -0.737. The number of carboxylic acid groups (broad SMARTS) is 1. The Labute approximate surface area is 106 Å². The van der Waals surface area contributed by atoms with Crippen LogP contribution in [-0.2, 0) is 4.79 Å². The van der Waals surface area contributed by atoms with Gasteiger partial charge < -0.3 is 9.84 Å². The number of methoxy groups -OCH3 is 1. The Morgan fingerprint density at radius 1 is 1.41 bits per heavy atom. The molecular formula is C13H18O3S. The van der Waals surface area contributed by atoms with Gasteiger partial charge in [0, 0.05) is 4.90 Å². The summed E-state index contributed by atoms with van der Waals surface area (Å²) in [6, 6.07) is 7.49. The predicted molar refractivity (Wildman–Crippen MR) is 69.8 cm³/mol. The van der Waals surface area contributed by atoms with Gasteiger partial charge in [-0.25, -0.2) is 0 Å². The van der Waals surface area contributed by atoms with Crippen molar-refractivity contribution in [3.8, 4) is 5.75 Å². The third-order valence-electron chi connectivity index (χ3n) is 2.43. The van der Waals surface area contributed by atoms with E-state index in [2.05, 4.69) is 6.92 Å². The number of hydrogen-bond donors (Lipinski definition) is 1. The summed E-state index contributed by atoms with van der Waals surface area (Å²) in [5, 5.41) is 8.76. The number of aliphatic carboxylic acids is 1. The van der Waals surface area contributed by atoms with Crippen molar-refractivity contribution in [1.82, 2.24) is 0 Å². The Hall–Kier alpha value is -1.16. The van der Waals surface area contributed by atoms with Crippen molar-refractivity contribution in [2.75, 3.05) is 7.11 Å². The summed E-state index contributed by atoms with van der Waals surface area (Å²) in [7, 11) is 1.61. The van der Waals surface area contributed by atoms with Gasteiger partial charge in [0.25, 0.3) is 0 Å². The number of benzene rings is 1. The summed E-state index contributed by atoms with van der Waals surface area (Å²) in [6.45, 7) is 2.07. The fourth-order valence-corrected chi connectivity index (χ4v) is 2.45. The Balaban J connectivity index is 2.61. The summed E-state index contributed by atoms with van der Waals surface area (Å²) in [5.41, 5.74) is 0. The molecule has 0 bridgehead atoms. The fraction of sp³-hybridized carbons (Fsp3) is 0.462. The second-order valence-electron chi connectivity index (χ2n) is 3.76. The molecule has 0 saturated heterocycles. The van der Waals surface area contributed by atoms with Gasteiger partial charge in [-0.05, 0) is 30.7 Å². The van der Waals surface area contributed by atoms with Crippen LogP contribution >= 0.6 is 11.8 Å². The zero-order valence-corrected chi connectivity index (χ0v) is 11.0. The van der Waals surface area contributed by atoms with Gasteiger partial charge >= 0.3 is 5.97 Å². The number of rotatable bonds is 7. The van der Waals surface area contributed by atoms with E-state index < -0.39 is 5.97 Å². The molecule has 1 unspecified atom stereocenters. The number of unbranched alkanes of at least 4 members (excludes halogenated alkanes) is 1. The van der Waals surface area contributed by atoms with Crippen LogP contribution in [0.2, 0.25) is 0 Å². The molecule has 1 aromatic carbocycles. The molecular weight excluding hydrogens is 236 g/mol. The minimum absolute atomic E-state index is 0.358. The lowest BCUT2D eigenvalue weighted by atomic mass is 10.2. The van der Waals surface area contributed by atoms with Crippen LogP contribution in [0.3, 0.4) is 0 Å². The molecule has 0 saturated carbocycles. The summed E-state index contributed by atoms with van der Waals surface area (Å²) >= 11 is 1.40. The fourth-order valence-electron chi connectivity index (χ4n) is 1.44. The smallest absolute Gasteiger partial charge is 0.316 e. The van der Waals surface area contributed by atoms with E-state index in [4.69, 9.17) is 9.84 Å². The van der Waals surface area contributed by atoms with Gasteiger partial charge in [-0.2, -0.15) is 0 Å². The zero-order chi connectivity index (χ0) is 12.7. The van der Waals surface area contributed by atoms with E-state index in [1.54, 1.807) is 7.11 Å². The van der Waals surface area contributed by atoms with E-state index in [-0.39, 0.29) is 5.25 Å². The number of ether oxygens (including phenoxy) is 1. The van der Waals surface area contributed by atoms with E-state index in [9.17, 15) is 4.79 Å². The molecule has 94 valence electrons. The van der Waals surface area contributed by atoms with Crippen LogP contribution in [0.15, 0.2) is 29.2 Å². The molecule has 1 atom stereocenters. The van der Waals surface area contributed by atoms with Gasteiger partial charge in [0.1, 0.15) is 11.0 Å². The van der Waals surface area contributed by atoms with Crippen LogP contribution in [0.4, 0.5) is 0 Å². The predicted octanol–water partition coefficient (Wildman–Crippen LogP) is 3.43. The van der Waals surface area contributed by atoms with Gasteiger partial charge in [0.2, 0.25) is 0 Å². The van der Waals surface area contributed by atoms with Crippen LogP contribution in [0.1, 0.15) is 26.2 Å². The third kappa shape index (κ3) is 4.69. The average Bonchev–Trinajstić information content (AvgIpc) is 2.35. The first kappa shape index (κ1) is 13.9. The third-order valence-corrected chi connectivity index (χ3v) is 3.70. The maximum atomic E-state index is 11.1. The van der Waals surface area contributed by atoms with E-state index in [1.807, 2.05) is 24.3 Å². The Kier molecular flexibility index (Phi) is 5.91. The molecule has 1 N–H and O–H groups in total. The van der Waals surface area contributed by atoms with Crippen molar-refractivity contribution in [1.29, 1.82) is 0 Å². The maximum absolute atomic E-state index is 11.1. The van der Waals surface area contributed by atoms with E-state index in [0.29, 0.717) is 6.42 Å². The summed E-state index contributed by atoms with van der Waals surface area (Å²) < 4.78 is 5.06. The maximum Gasteiger partial charge on any atom is 0.316 e. The highest BCUT2D eigenvalue weighted by Gasteiger charge is 2.17. The van der Waals surface area contributed by atoms with Gasteiger partial charge in [-0.3, -0.25) is 4.79 Å². The molecule has 17 heavy (non-hydrogen) atoms. The Bertz CT molecular complexity index is 348. The van der Waals surface area contributed by atoms with Crippen molar-refractivity contribution in [3.63, 3.8) is 0 Å². The molecule has 0 heterocycles. The van der Waals surface area contributed by atoms with Crippen molar-refractivity contribution >= 4 is 17.7 Å². The van der Waals surface area contributed by atoms with E-state index >= 15 is 0 Å². The number of carbonyl (C=O) groups is 1. The van der Waals surface area contributed by atoms with Crippen molar-refractivity contribution < 1.29 is 14.6 Å². The largest absolute Gasteiger partial charge is 0.497 e. The molecule has 0 aromatic heterocycles. The SMILES string of the molecule is CCCCC(Sc1ccc(OC)cc1)C(=O)O. The number of thioether (sulfide) groups is 1. The average molecular weight is 254 g/mol. The van der Waals surface area contributed by atoms with Crippen molar-refractivity contribution in [3.05, 3.63) is 24.3 Å². The van der Waals surface area contributed by atoms with Crippen molar-refractivity contribution in [2.24, 2.45) is 0 Å². The monoisotopic (exact) mass is 254 g/mol. The second-order valence-corrected chi connectivity index (χ2v) is 5.04. The van der Waals surface area contributed by atoms with Crippen LogP contribution in [0.5, 0.6) is 5.75 Å². The first-order valence-corrected chi connectivity index (χ1v) is 6.58. The molecule has 4 heteroatoms. The molecule has 0 spiro atoms. The van der Waals surface area contributed by atoms with Crippen LogP contribution in [-0.4, -0.2) is 23.4 Å². The van der Waals surface area contributed by atoms with Crippen molar-refractivity contribution in [2.45, 2.75) is 36.3 Å². The topological polar surface area (TPSA) is 46.5 Å². The molecule has 3 nitrogen and oxygen atoms in total. The van der Waals surface area contributed by atoms with Gasteiger partial charge in [-0.15, -0.1) is 11.8 Å². The van der Waals surface area contributed by atoms with Crippen LogP contribution < -0.4 is 4.74 Å². The molecule has 0 fully saturated rings. The molecule has 0 radical (unpaired) electrons. The summed E-state index contributed by atoms with van der Waals surface area (Å²) in [5.74, 6) is 0.0500. The molecule has 0 amide bonds. The highest BCUT2D eigenvalue weighted by atomic mass is 32.2. The van der Waals surface area contributed by atoms with E-state index in [1.165, 1.54) is 11.8 Å². The van der Waals surface area contributed by atoms with Crippen LogP contribution in [0.25, 0.3) is 0 Å². The second kappa shape index (κ2) is 7.22. The molecule has 1 aromatic rings. The Morgan fingerprint density at radius 3 is 2.53 bits per heavy atom. The minimum Gasteiger partial charge on any atom is -0.497 e. The molecule has 0 aliphatic carbocycles. The quantitative estimate of drug-likeness (QED) is 0.757. The lowest BCUT2D eigenvalue weighted by Crippen LogP contribution is -2.15. The van der Waals surface area contributed by atoms with E-state index in [0.717, 1.165) is 23.5 Å². The van der Waals surface area contributed by atoms with Gasteiger partial charge in [-0.1, -0.05) is 19.8 Å². The summed E-state index contributed by atoms with van der Waals surface area (Å²) in [4.78, 5) is 12.1. The molecule has 1 rings (SSSR count). The normalized spacial score (nSPS) is 12.1. The lowest BCUT2D eigenvalue weighted by molar-refractivity contribution is -0.136. The molecule has 0 aliphatic heterocycles. The number of carboxylic acids is 1. The lowest BCUT2D eigenvalue weighted by Gasteiger charge is -2.11. The van der Waals surface area contributed by atoms with Gasteiger partial charge in [0.05, 0.1) is 7.11 Å². The van der Waals surface area contributed by atoms with Gasteiger partial charge in [0.15, 0.2) is 0 Å². The highest BCUT2D eigenvalue weighted by Crippen LogP contribution is 2.28. The van der Waals surface area contributed by atoms with Crippen LogP contribution in [0, 0.1) is 0 Å². The first-order chi connectivity index (χ1) is 8.17. The number of hydrogen-bond acceptors (Lipinski definition) is 3. The molecule has 0 aliphatic rings.